The van der Waals surface area contributed by atoms with Crippen molar-refractivity contribution in [3.63, 3.8) is 0 Å². The lowest BCUT2D eigenvalue weighted by Crippen LogP contribution is -2.33. The molecule has 2 aromatic carbocycles. The van der Waals surface area contributed by atoms with Crippen molar-refractivity contribution in [2.24, 2.45) is 0 Å². The minimum atomic E-state index is -0.346. The van der Waals surface area contributed by atoms with Gasteiger partial charge in [0.25, 0.3) is 5.91 Å². The maximum Gasteiger partial charge on any atom is 0.255 e. The molecule has 2 N–H and O–H groups in total. The monoisotopic (exact) mass is 430 g/mol. The number of para-hydroxylation sites is 1. The van der Waals surface area contributed by atoms with Crippen molar-refractivity contribution in [2.45, 2.75) is 13.8 Å². The summed E-state index contributed by atoms with van der Waals surface area (Å²) in [6, 6.07) is 19.2. The molecule has 0 saturated carbocycles. The molecule has 0 unspecified atom stereocenters. The van der Waals surface area contributed by atoms with Gasteiger partial charge in [-0.1, -0.05) is 36.4 Å². The van der Waals surface area contributed by atoms with Gasteiger partial charge in [-0.05, 0) is 54.6 Å². The van der Waals surface area contributed by atoms with Gasteiger partial charge in [-0.2, -0.15) is 5.10 Å². The molecular weight excluding hydrogens is 408 g/mol. The first-order valence-corrected chi connectivity index (χ1v) is 10.7. The van der Waals surface area contributed by atoms with Crippen molar-refractivity contribution in [1.82, 2.24) is 15.1 Å². The van der Waals surface area contributed by atoms with E-state index in [1.54, 1.807) is 10.9 Å². The van der Waals surface area contributed by atoms with Crippen molar-refractivity contribution in [3.05, 3.63) is 88.9 Å². The Labute approximate surface area is 184 Å². The zero-order valence-corrected chi connectivity index (χ0v) is 18.1. The van der Waals surface area contributed by atoms with E-state index in [-0.39, 0.29) is 18.4 Å². The quantitative estimate of drug-likeness (QED) is 0.470. The molecule has 2 aromatic heterocycles. The highest BCUT2D eigenvalue weighted by molar-refractivity contribution is 7.13. The number of nitrogens with zero attached hydrogens (tertiary/aromatic N) is 2. The Hall–Kier alpha value is -3.71. The highest BCUT2D eigenvalue weighted by atomic mass is 32.1. The Kier molecular flexibility index (Phi) is 5.95. The van der Waals surface area contributed by atoms with Crippen LogP contribution in [-0.2, 0) is 4.79 Å². The van der Waals surface area contributed by atoms with Gasteiger partial charge in [0.2, 0.25) is 5.91 Å². The number of carbonyl (C=O) groups is 2. The molecule has 4 aromatic rings. The van der Waals surface area contributed by atoms with Crippen molar-refractivity contribution < 1.29 is 9.59 Å². The molecule has 0 saturated heterocycles. The highest BCUT2D eigenvalue weighted by Crippen LogP contribution is 2.27. The third kappa shape index (κ3) is 4.57. The van der Waals surface area contributed by atoms with Gasteiger partial charge in [0.1, 0.15) is 5.69 Å². The Morgan fingerprint density at radius 3 is 2.55 bits per heavy atom. The number of hydrogen-bond acceptors (Lipinski definition) is 4. The normalized spacial score (nSPS) is 10.6. The summed E-state index contributed by atoms with van der Waals surface area (Å²) in [5, 5.41) is 12.1. The number of aryl methyl sites for hydroxylation is 1. The lowest BCUT2D eigenvalue weighted by Gasteiger charge is -2.11. The van der Waals surface area contributed by atoms with Crippen LogP contribution >= 0.6 is 11.3 Å². The molecule has 2 heterocycles. The summed E-state index contributed by atoms with van der Waals surface area (Å²) >= 11 is 1.51. The molecule has 0 aliphatic carbocycles. The molecule has 0 atom stereocenters. The third-order valence-electron chi connectivity index (χ3n) is 5.02. The fraction of sp³-hybridized carbons (Fsp3) is 0.125. The van der Waals surface area contributed by atoms with Crippen LogP contribution < -0.4 is 10.6 Å². The van der Waals surface area contributed by atoms with Gasteiger partial charge in [-0.25, -0.2) is 4.68 Å². The van der Waals surface area contributed by atoms with E-state index in [0.717, 1.165) is 27.4 Å². The summed E-state index contributed by atoms with van der Waals surface area (Å²) in [5.74, 6) is -0.628. The van der Waals surface area contributed by atoms with Gasteiger partial charge in [-0.3, -0.25) is 9.59 Å². The molecular formula is C24H22N4O2S. The van der Waals surface area contributed by atoms with Crippen LogP contribution in [0.4, 0.5) is 5.69 Å². The Bertz CT molecular complexity index is 1210. The molecule has 6 nitrogen and oxygen atoms in total. The summed E-state index contributed by atoms with van der Waals surface area (Å²) in [7, 11) is 0. The van der Waals surface area contributed by atoms with Crippen molar-refractivity contribution in [1.29, 1.82) is 0 Å². The summed E-state index contributed by atoms with van der Waals surface area (Å²) < 4.78 is 1.68. The van der Waals surface area contributed by atoms with Crippen molar-refractivity contribution in [3.8, 4) is 16.3 Å². The van der Waals surface area contributed by atoms with Gasteiger partial charge < -0.3 is 10.6 Å². The number of amides is 2. The predicted molar refractivity (Wildman–Crippen MR) is 124 cm³/mol. The fourth-order valence-electron chi connectivity index (χ4n) is 3.19. The maximum absolute atomic E-state index is 12.9. The zero-order chi connectivity index (χ0) is 21.8. The van der Waals surface area contributed by atoms with Gasteiger partial charge in [-0.15, -0.1) is 11.3 Å². The third-order valence-corrected chi connectivity index (χ3v) is 5.90. The van der Waals surface area contributed by atoms with Crippen molar-refractivity contribution >= 4 is 28.8 Å². The van der Waals surface area contributed by atoms with E-state index >= 15 is 0 Å². The second kappa shape index (κ2) is 8.97. The van der Waals surface area contributed by atoms with E-state index in [1.165, 1.54) is 11.3 Å². The summed E-state index contributed by atoms with van der Waals surface area (Å²) in [4.78, 5) is 26.2. The topological polar surface area (TPSA) is 76.0 Å². The second-order valence-electron chi connectivity index (χ2n) is 7.13. The Morgan fingerprint density at radius 1 is 1.00 bits per heavy atom. The second-order valence-corrected chi connectivity index (χ2v) is 8.07. The molecule has 0 aliphatic rings. The van der Waals surface area contributed by atoms with E-state index in [0.29, 0.717) is 11.3 Å². The number of carbonyl (C=O) groups excluding carboxylic acids is 2. The summed E-state index contributed by atoms with van der Waals surface area (Å²) in [5.41, 5.74) is 4.71. The van der Waals surface area contributed by atoms with Gasteiger partial charge in [0, 0.05) is 11.9 Å². The van der Waals surface area contributed by atoms with E-state index in [2.05, 4.69) is 15.7 Å². The molecule has 0 fully saturated rings. The largest absolute Gasteiger partial charge is 0.343 e. The minimum Gasteiger partial charge on any atom is -0.343 e. The van der Waals surface area contributed by atoms with Gasteiger partial charge >= 0.3 is 0 Å². The number of nitrogens with one attached hydrogen (secondary N) is 2. The number of hydrogen-bond donors (Lipinski definition) is 2. The van der Waals surface area contributed by atoms with Crippen LogP contribution in [-0.4, -0.2) is 28.1 Å². The molecule has 0 aliphatic heterocycles. The van der Waals surface area contributed by atoms with Crippen LogP contribution in [0.2, 0.25) is 0 Å². The SMILES string of the molecule is Cc1cccc(NC(=O)CNC(=O)c2cn(-c3ccccc3)nc2-c2cccs2)c1C. The number of thiophene rings is 1. The first-order chi connectivity index (χ1) is 15.0. The fourth-order valence-corrected chi connectivity index (χ4v) is 3.91. The average molecular weight is 431 g/mol. The molecule has 0 radical (unpaired) electrons. The standard InChI is InChI=1S/C24H22N4O2S/c1-16-8-6-11-20(17(16)2)26-22(29)14-25-24(30)19-15-28(18-9-4-3-5-10-18)27-23(19)21-12-7-13-31-21/h3-13,15H,14H2,1-2H3,(H,25,30)(H,26,29). The highest BCUT2D eigenvalue weighted by Gasteiger charge is 2.20. The van der Waals surface area contributed by atoms with E-state index < -0.39 is 0 Å². The molecule has 2 amide bonds. The lowest BCUT2D eigenvalue weighted by molar-refractivity contribution is -0.115. The van der Waals surface area contributed by atoms with Crippen LogP contribution in [0.15, 0.2) is 72.2 Å². The van der Waals surface area contributed by atoms with Gasteiger partial charge in [0.05, 0.1) is 22.7 Å². The van der Waals surface area contributed by atoms with Crippen LogP contribution in [0.3, 0.4) is 0 Å². The number of rotatable bonds is 6. The lowest BCUT2D eigenvalue weighted by atomic mass is 10.1. The van der Waals surface area contributed by atoms with Crippen LogP contribution in [0.1, 0.15) is 21.5 Å². The van der Waals surface area contributed by atoms with Crippen LogP contribution in [0.5, 0.6) is 0 Å². The molecule has 0 bridgehead atoms. The van der Waals surface area contributed by atoms with Crippen LogP contribution in [0, 0.1) is 13.8 Å². The molecule has 7 heteroatoms. The molecule has 31 heavy (non-hydrogen) atoms. The minimum absolute atomic E-state index is 0.132. The first-order valence-electron chi connectivity index (χ1n) is 9.86. The smallest absolute Gasteiger partial charge is 0.255 e. The first kappa shape index (κ1) is 20.6. The van der Waals surface area contributed by atoms with E-state index in [1.807, 2.05) is 79.9 Å². The predicted octanol–water partition coefficient (Wildman–Crippen LogP) is 4.59. The Balaban J connectivity index is 1.52. The summed E-state index contributed by atoms with van der Waals surface area (Å²) in [6.45, 7) is 3.81. The average Bonchev–Trinajstić information content (AvgIpc) is 3.46. The number of aromatic nitrogens is 2. The number of anilines is 1. The molecule has 4 rings (SSSR count). The van der Waals surface area contributed by atoms with E-state index in [4.69, 9.17) is 0 Å². The maximum atomic E-state index is 12.9. The zero-order valence-electron chi connectivity index (χ0n) is 17.3. The summed E-state index contributed by atoms with van der Waals surface area (Å²) in [6.07, 6.45) is 1.70. The van der Waals surface area contributed by atoms with Crippen molar-refractivity contribution in [2.75, 3.05) is 11.9 Å². The Morgan fingerprint density at radius 2 is 1.81 bits per heavy atom. The van der Waals surface area contributed by atoms with E-state index in [9.17, 15) is 9.59 Å². The van der Waals surface area contributed by atoms with Gasteiger partial charge in [0.15, 0.2) is 0 Å². The molecule has 0 spiro atoms. The molecule has 156 valence electrons. The number of benzene rings is 2. The van der Waals surface area contributed by atoms with Crippen LogP contribution in [0.25, 0.3) is 16.3 Å².